The molecule has 3 rings (SSSR count). The maximum atomic E-state index is 12.9. The molecular formula is C26H28N2O4S. The summed E-state index contributed by atoms with van der Waals surface area (Å²) >= 11 is 0. The van der Waals surface area contributed by atoms with E-state index in [2.05, 4.69) is 26.1 Å². The van der Waals surface area contributed by atoms with E-state index in [-0.39, 0.29) is 22.6 Å². The SMILES string of the molecule is CN(CC(=O)Nc1cccc(C(=O)c2ccc(C(C)(C)C)cc2)c1)S(=O)(=O)c1ccccc1. The third-order valence-corrected chi connectivity index (χ3v) is 7.06. The fourth-order valence-corrected chi connectivity index (χ4v) is 4.43. The lowest BCUT2D eigenvalue weighted by atomic mass is 9.86. The Labute approximate surface area is 195 Å². The minimum Gasteiger partial charge on any atom is -0.325 e. The number of nitrogens with one attached hydrogen (secondary N) is 1. The van der Waals surface area contributed by atoms with Crippen LogP contribution in [0.5, 0.6) is 0 Å². The fourth-order valence-electron chi connectivity index (χ4n) is 3.29. The van der Waals surface area contributed by atoms with E-state index < -0.39 is 15.9 Å². The summed E-state index contributed by atoms with van der Waals surface area (Å²) in [5, 5.41) is 2.67. The summed E-state index contributed by atoms with van der Waals surface area (Å²) in [6.07, 6.45) is 0. The summed E-state index contributed by atoms with van der Waals surface area (Å²) in [5.74, 6) is -0.661. The molecule has 3 aromatic carbocycles. The molecule has 6 nitrogen and oxygen atoms in total. The van der Waals surface area contributed by atoms with E-state index in [9.17, 15) is 18.0 Å². The average Bonchev–Trinajstić information content (AvgIpc) is 2.78. The van der Waals surface area contributed by atoms with Crippen molar-refractivity contribution in [2.24, 2.45) is 0 Å². The molecule has 0 aliphatic carbocycles. The first-order valence-corrected chi connectivity index (χ1v) is 12.0. The molecule has 0 saturated heterocycles. The first kappa shape index (κ1) is 24.4. The maximum Gasteiger partial charge on any atom is 0.243 e. The van der Waals surface area contributed by atoms with Crippen LogP contribution >= 0.6 is 0 Å². The van der Waals surface area contributed by atoms with Crippen molar-refractivity contribution in [3.05, 3.63) is 95.6 Å². The number of rotatable bonds is 7. The van der Waals surface area contributed by atoms with Gasteiger partial charge < -0.3 is 5.32 Å². The van der Waals surface area contributed by atoms with E-state index in [1.165, 1.54) is 19.2 Å². The van der Waals surface area contributed by atoms with E-state index in [4.69, 9.17) is 0 Å². The fraction of sp³-hybridized carbons (Fsp3) is 0.231. The average molecular weight is 465 g/mol. The minimum atomic E-state index is -3.78. The zero-order valence-corrected chi connectivity index (χ0v) is 20.0. The third-order valence-electron chi connectivity index (χ3n) is 5.24. The Kier molecular flexibility index (Phi) is 7.15. The largest absolute Gasteiger partial charge is 0.325 e. The van der Waals surface area contributed by atoms with Crippen molar-refractivity contribution < 1.29 is 18.0 Å². The second kappa shape index (κ2) is 9.68. The van der Waals surface area contributed by atoms with Gasteiger partial charge in [-0.25, -0.2) is 8.42 Å². The normalized spacial score (nSPS) is 11.9. The predicted octanol–water partition coefficient (Wildman–Crippen LogP) is 4.47. The molecule has 0 spiro atoms. The van der Waals surface area contributed by atoms with Crippen LogP contribution in [0.4, 0.5) is 5.69 Å². The summed E-state index contributed by atoms with van der Waals surface area (Å²) in [6.45, 7) is 5.97. The number of ketones is 1. The molecule has 0 fully saturated rings. The lowest BCUT2D eigenvalue weighted by Crippen LogP contribution is -2.34. The number of hydrogen-bond donors (Lipinski definition) is 1. The predicted molar refractivity (Wildman–Crippen MR) is 130 cm³/mol. The molecule has 3 aromatic rings. The van der Waals surface area contributed by atoms with E-state index in [0.29, 0.717) is 16.8 Å². The Balaban J connectivity index is 1.69. The minimum absolute atomic E-state index is 0.00702. The molecule has 0 unspecified atom stereocenters. The van der Waals surface area contributed by atoms with E-state index in [1.54, 1.807) is 54.6 Å². The summed E-state index contributed by atoms with van der Waals surface area (Å²) < 4.78 is 26.2. The molecule has 0 heterocycles. The molecular weight excluding hydrogens is 436 g/mol. The number of sulfonamides is 1. The van der Waals surface area contributed by atoms with Gasteiger partial charge in [0.2, 0.25) is 15.9 Å². The number of carbonyl (C=O) groups is 2. The van der Waals surface area contributed by atoms with E-state index in [0.717, 1.165) is 9.87 Å². The van der Waals surface area contributed by atoms with Crippen LogP contribution in [0.15, 0.2) is 83.8 Å². The molecule has 0 aliphatic rings. The lowest BCUT2D eigenvalue weighted by Gasteiger charge is -2.19. The van der Waals surface area contributed by atoms with Crippen LogP contribution in [0.2, 0.25) is 0 Å². The number of benzene rings is 3. The van der Waals surface area contributed by atoms with Crippen LogP contribution in [-0.4, -0.2) is 38.0 Å². The van der Waals surface area contributed by atoms with E-state index >= 15 is 0 Å². The van der Waals surface area contributed by atoms with Crippen LogP contribution in [0, 0.1) is 0 Å². The van der Waals surface area contributed by atoms with Crippen molar-refractivity contribution in [3.8, 4) is 0 Å². The summed E-state index contributed by atoms with van der Waals surface area (Å²) in [7, 11) is -2.43. The summed E-state index contributed by atoms with van der Waals surface area (Å²) in [6, 6.07) is 22.0. The van der Waals surface area contributed by atoms with E-state index in [1.807, 2.05) is 12.1 Å². The van der Waals surface area contributed by atoms with Crippen LogP contribution in [-0.2, 0) is 20.2 Å². The highest BCUT2D eigenvalue weighted by atomic mass is 32.2. The van der Waals surface area contributed by atoms with Crippen molar-refractivity contribution in [3.63, 3.8) is 0 Å². The van der Waals surface area contributed by atoms with Crippen LogP contribution in [0.1, 0.15) is 42.3 Å². The number of hydrogen-bond acceptors (Lipinski definition) is 4. The first-order chi connectivity index (χ1) is 15.5. The highest BCUT2D eigenvalue weighted by Crippen LogP contribution is 2.23. The topological polar surface area (TPSA) is 83.6 Å². The monoisotopic (exact) mass is 464 g/mol. The Bertz CT molecular complexity index is 1250. The molecule has 0 radical (unpaired) electrons. The van der Waals surface area contributed by atoms with Gasteiger partial charge in [0, 0.05) is 23.9 Å². The number of nitrogens with zero attached hydrogens (tertiary/aromatic N) is 1. The Morgan fingerprint density at radius 3 is 2.09 bits per heavy atom. The van der Waals surface area contributed by atoms with Gasteiger partial charge >= 0.3 is 0 Å². The van der Waals surface area contributed by atoms with Crippen molar-refractivity contribution in [2.75, 3.05) is 18.9 Å². The molecule has 0 atom stereocenters. The Morgan fingerprint density at radius 1 is 0.848 bits per heavy atom. The molecule has 172 valence electrons. The van der Waals surface area contributed by atoms with Crippen molar-refractivity contribution in [2.45, 2.75) is 31.1 Å². The van der Waals surface area contributed by atoms with Crippen molar-refractivity contribution in [1.82, 2.24) is 4.31 Å². The molecule has 33 heavy (non-hydrogen) atoms. The van der Waals surface area contributed by atoms with Gasteiger partial charge in [-0.1, -0.05) is 75.4 Å². The third kappa shape index (κ3) is 5.94. The standard InChI is InChI=1S/C26H28N2O4S/c1-26(2,3)21-15-13-19(14-16-21)25(30)20-9-8-10-22(17-20)27-24(29)18-28(4)33(31,32)23-11-6-5-7-12-23/h5-17H,18H2,1-4H3,(H,27,29). The summed E-state index contributed by atoms with van der Waals surface area (Å²) in [5.41, 5.74) is 2.53. The molecule has 1 N–H and O–H groups in total. The van der Waals surface area contributed by atoms with Gasteiger partial charge in [0.25, 0.3) is 0 Å². The highest BCUT2D eigenvalue weighted by Gasteiger charge is 2.23. The van der Waals surface area contributed by atoms with Gasteiger partial charge in [0.15, 0.2) is 5.78 Å². The molecule has 0 bridgehead atoms. The van der Waals surface area contributed by atoms with Crippen LogP contribution in [0.25, 0.3) is 0 Å². The second-order valence-electron chi connectivity index (χ2n) is 8.86. The molecule has 0 saturated carbocycles. The van der Waals surface area contributed by atoms with Crippen LogP contribution < -0.4 is 5.32 Å². The Morgan fingerprint density at radius 2 is 1.48 bits per heavy atom. The number of amides is 1. The number of anilines is 1. The molecule has 7 heteroatoms. The maximum absolute atomic E-state index is 12.9. The molecule has 1 amide bonds. The van der Waals surface area contributed by atoms with Gasteiger partial charge in [-0.15, -0.1) is 0 Å². The van der Waals surface area contributed by atoms with Gasteiger partial charge in [-0.05, 0) is 35.2 Å². The van der Waals surface area contributed by atoms with Gasteiger partial charge in [-0.2, -0.15) is 4.31 Å². The van der Waals surface area contributed by atoms with Crippen molar-refractivity contribution in [1.29, 1.82) is 0 Å². The zero-order chi connectivity index (χ0) is 24.2. The van der Waals surface area contributed by atoms with Gasteiger partial charge in [0.1, 0.15) is 0 Å². The highest BCUT2D eigenvalue weighted by molar-refractivity contribution is 7.89. The van der Waals surface area contributed by atoms with Gasteiger partial charge in [-0.3, -0.25) is 9.59 Å². The van der Waals surface area contributed by atoms with Crippen LogP contribution in [0.3, 0.4) is 0 Å². The lowest BCUT2D eigenvalue weighted by molar-refractivity contribution is -0.116. The first-order valence-electron chi connectivity index (χ1n) is 10.5. The molecule has 0 aliphatic heterocycles. The zero-order valence-electron chi connectivity index (χ0n) is 19.2. The quantitative estimate of drug-likeness (QED) is 0.523. The smallest absolute Gasteiger partial charge is 0.243 e. The van der Waals surface area contributed by atoms with Gasteiger partial charge in [0.05, 0.1) is 11.4 Å². The second-order valence-corrected chi connectivity index (χ2v) is 10.9. The number of likely N-dealkylation sites (N-methyl/N-ethyl adjacent to an activating group) is 1. The van der Waals surface area contributed by atoms with Crippen molar-refractivity contribution >= 4 is 27.4 Å². The summed E-state index contributed by atoms with van der Waals surface area (Å²) in [4.78, 5) is 25.5. The molecule has 0 aromatic heterocycles. The Hall–Kier alpha value is -3.29. The number of carbonyl (C=O) groups excluding carboxylic acids is 2.